The fourth-order valence-corrected chi connectivity index (χ4v) is 4.24. The van der Waals surface area contributed by atoms with Gasteiger partial charge >= 0.3 is 0 Å². The first-order chi connectivity index (χ1) is 11.5. The molecule has 4 rings (SSSR count). The number of furan rings is 1. The molecule has 0 aliphatic carbocycles. The zero-order valence-corrected chi connectivity index (χ0v) is 13.3. The molecule has 24 heavy (non-hydrogen) atoms. The minimum absolute atomic E-state index is 0.0341. The number of halogens is 1. The molecule has 1 amide bonds. The molecule has 5 heteroatoms. The summed E-state index contributed by atoms with van der Waals surface area (Å²) < 4.78 is 18.4. The highest BCUT2D eigenvalue weighted by Crippen LogP contribution is 2.46. The van der Waals surface area contributed by atoms with E-state index in [0.717, 1.165) is 18.4 Å². The molecule has 4 nitrogen and oxygen atoms in total. The summed E-state index contributed by atoms with van der Waals surface area (Å²) in [6.45, 7) is 0. The minimum Gasteiger partial charge on any atom is -0.466 e. The number of hydrogen-bond acceptors (Lipinski definition) is 3. The van der Waals surface area contributed by atoms with Gasteiger partial charge in [0, 0.05) is 24.9 Å². The molecule has 3 heterocycles. The lowest BCUT2D eigenvalue weighted by Gasteiger charge is -2.43. The van der Waals surface area contributed by atoms with E-state index in [-0.39, 0.29) is 30.2 Å². The van der Waals surface area contributed by atoms with Crippen molar-refractivity contribution in [2.75, 3.05) is 0 Å². The number of rotatable bonds is 3. The Bertz CT molecular complexity index is 712. The molecule has 0 unspecified atom stereocenters. The second kappa shape index (κ2) is 5.74. The third-order valence-corrected chi connectivity index (χ3v) is 5.30. The lowest BCUT2D eigenvalue weighted by molar-refractivity contribution is -0.142. The predicted octanol–water partition coefficient (Wildman–Crippen LogP) is 3.00. The van der Waals surface area contributed by atoms with Gasteiger partial charge in [-0.1, -0.05) is 12.1 Å². The number of piperidine rings is 1. The van der Waals surface area contributed by atoms with Crippen molar-refractivity contribution in [1.82, 2.24) is 4.90 Å². The quantitative estimate of drug-likeness (QED) is 0.942. The normalized spacial score (nSPS) is 29.0. The van der Waals surface area contributed by atoms with Crippen LogP contribution in [-0.2, 0) is 16.8 Å². The molecule has 2 fully saturated rings. The lowest BCUT2D eigenvalue weighted by Crippen LogP contribution is -2.52. The van der Waals surface area contributed by atoms with Gasteiger partial charge in [0.15, 0.2) is 0 Å². The number of carbonyl (C=O) groups is 1. The molecule has 2 aliphatic rings. The summed E-state index contributed by atoms with van der Waals surface area (Å²) in [5.41, 5.74) is -0.171. The van der Waals surface area contributed by atoms with Crippen LogP contribution in [0, 0.1) is 5.82 Å². The monoisotopic (exact) mass is 329 g/mol. The molecule has 1 aromatic heterocycles. The van der Waals surface area contributed by atoms with Crippen molar-refractivity contribution in [2.24, 2.45) is 0 Å². The molecule has 2 aromatic rings. The Labute approximate surface area is 139 Å². The number of amides is 1. The topological polar surface area (TPSA) is 53.7 Å². The third-order valence-electron chi connectivity index (χ3n) is 5.30. The standard InChI is InChI=1S/C19H20FNO3/c20-14-5-3-13(4-6-14)10-18(22)21-15-7-8-16(21)12-19(23,11-15)17-2-1-9-24-17/h1-6,9,15-16,23H,7-8,10-12H2/t15-,16-/m0/s1. The largest absolute Gasteiger partial charge is 0.466 e. The van der Waals surface area contributed by atoms with Crippen LogP contribution in [0.25, 0.3) is 0 Å². The molecule has 0 saturated carbocycles. The van der Waals surface area contributed by atoms with E-state index in [1.807, 2.05) is 4.90 Å². The second-order valence-electron chi connectivity index (χ2n) is 6.91. The SMILES string of the molecule is O=C(Cc1ccc(F)cc1)N1[C@H]2CC[C@H]1CC(O)(c1ccco1)C2. The van der Waals surface area contributed by atoms with Gasteiger partial charge in [-0.2, -0.15) is 0 Å². The first-order valence-electron chi connectivity index (χ1n) is 8.37. The molecule has 2 bridgehead atoms. The highest BCUT2D eigenvalue weighted by Gasteiger charge is 2.50. The molecule has 0 spiro atoms. The number of nitrogens with zero attached hydrogens (tertiary/aromatic N) is 1. The van der Waals surface area contributed by atoms with Crippen LogP contribution in [0.5, 0.6) is 0 Å². The number of hydrogen-bond donors (Lipinski definition) is 1. The maximum Gasteiger partial charge on any atom is 0.227 e. The number of aliphatic hydroxyl groups is 1. The fourth-order valence-electron chi connectivity index (χ4n) is 4.24. The number of benzene rings is 1. The Hall–Kier alpha value is -2.14. The van der Waals surface area contributed by atoms with Crippen molar-refractivity contribution >= 4 is 5.91 Å². The Morgan fingerprint density at radius 1 is 1.21 bits per heavy atom. The molecule has 2 saturated heterocycles. The van der Waals surface area contributed by atoms with E-state index in [0.29, 0.717) is 18.6 Å². The van der Waals surface area contributed by atoms with Crippen LogP contribution in [0.2, 0.25) is 0 Å². The van der Waals surface area contributed by atoms with Crippen molar-refractivity contribution in [3.8, 4) is 0 Å². The van der Waals surface area contributed by atoms with E-state index in [2.05, 4.69) is 0 Å². The summed E-state index contributed by atoms with van der Waals surface area (Å²) in [6, 6.07) is 9.71. The molecule has 1 aromatic carbocycles. The average Bonchev–Trinajstić information content (AvgIpc) is 3.18. The minimum atomic E-state index is -0.984. The van der Waals surface area contributed by atoms with E-state index in [1.54, 1.807) is 30.5 Å². The van der Waals surface area contributed by atoms with E-state index in [4.69, 9.17) is 4.42 Å². The van der Waals surface area contributed by atoms with Gasteiger partial charge in [-0.25, -0.2) is 4.39 Å². The molecule has 2 aliphatic heterocycles. The van der Waals surface area contributed by atoms with Gasteiger partial charge < -0.3 is 14.4 Å². The van der Waals surface area contributed by atoms with Crippen LogP contribution in [0.3, 0.4) is 0 Å². The number of carbonyl (C=O) groups excluding carboxylic acids is 1. The summed E-state index contributed by atoms with van der Waals surface area (Å²) in [4.78, 5) is 14.7. The highest BCUT2D eigenvalue weighted by molar-refractivity contribution is 5.80. The molecule has 0 radical (unpaired) electrons. The van der Waals surface area contributed by atoms with Gasteiger partial charge in [0.1, 0.15) is 17.2 Å². The Kier molecular flexibility index (Phi) is 3.68. The second-order valence-corrected chi connectivity index (χ2v) is 6.91. The average molecular weight is 329 g/mol. The summed E-state index contributed by atoms with van der Waals surface area (Å²) in [7, 11) is 0. The van der Waals surface area contributed by atoms with Gasteiger partial charge in [0.25, 0.3) is 0 Å². The van der Waals surface area contributed by atoms with Crippen molar-refractivity contribution in [3.63, 3.8) is 0 Å². The van der Waals surface area contributed by atoms with Crippen LogP contribution in [0.4, 0.5) is 4.39 Å². The van der Waals surface area contributed by atoms with Crippen LogP contribution in [-0.4, -0.2) is 28.0 Å². The van der Waals surface area contributed by atoms with Crippen molar-refractivity contribution in [2.45, 2.75) is 49.8 Å². The Balaban J connectivity index is 1.50. The maximum absolute atomic E-state index is 13.0. The van der Waals surface area contributed by atoms with Gasteiger partial charge in [-0.3, -0.25) is 4.79 Å². The highest BCUT2D eigenvalue weighted by atomic mass is 19.1. The predicted molar refractivity (Wildman–Crippen MR) is 85.6 cm³/mol. The van der Waals surface area contributed by atoms with E-state index < -0.39 is 5.60 Å². The van der Waals surface area contributed by atoms with Crippen LogP contribution in [0.15, 0.2) is 47.1 Å². The van der Waals surface area contributed by atoms with Crippen LogP contribution in [0.1, 0.15) is 37.0 Å². The lowest BCUT2D eigenvalue weighted by atomic mass is 9.84. The summed E-state index contributed by atoms with van der Waals surface area (Å²) in [5, 5.41) is 11.0. The molecular weight excluding hydrogens is 309 g/mol. The van der Waals surface area contributed by atoms with Crippen molar-refractivity contribution < 1.29 is 18.7 Å². The van der Waals surface area contributed by atoms with E-state index in [1.165, 1.54) is 12.1 Å². The van der Waals surface area contributed by atoms with Crippen LogP contribution < -0.4 is 0 Å². The Morgan fingerprint density at radius 2 is 1.88 bits per heavy atom. The molecule has 2 atom stereocenters. The first kappa shape index (κ1) is 15.4. The van der Waals surface area contributed by atoms with Crippen LogP contribution >= 0.6 is 0 Å². The Morgan fingerprint density at radius 3 is 2.46 bits per heavy atom. The van der Waals surface area contributed by atoms with Gasteiger partial charge in [-0.05, 0) is 42.7 Å². The van der Waals surface area contributed by atoms with Crippen molar-refractivity contribution in [3.05, 3.63) is 59.8 Å². The smallest absolute Gasteiger partial charge is 0.227 e. The molecule has 126 valence electrons. The summed E-state index contributed by atoms with van der Waals surface area (Å²) in [6.07, 6.45) is 4.66. The third kappa shape index (κ3) is 2.63. The molecule has 1 N–H and O–H groups in total. The molecular formula is C19H20FNO3. The maximum atomic E-state index is 13.0. The summed E-state index contributed by atoms with van der Waals surface area (Å²) in [5.74, 6) is 0.341. The van der Waals surface area contributed by atoms with Gasteiger partial charge in [0.2, 0.25) is 5.91 Å². The zero-order chi connectivity index (χ0) is 16.7. The van der Waals surface area contributed by atoms with E-state index in [9.17, 15) is 14.3 Å². The zero-order valence-electron chi connectivity index (χ0n) is 13.3. The number of fused-ring (bicyclic) bond motifs is 2. The first-order valence-corrected chi connectivity index (χ1v) is 8.37. The van der Waals surface area contributed by atoms with E-state index >= 15 is 0 Å². The fraction of sp³-hybridized carbons (Fsp3) is 0.421. The van der Waals surface area contributed by atoms with Gasteiger partial charge in [0.05, 0.1) is 12.7 Å². The van der Waals surface area contributed by atoms with Crippen molar-refractivity contribution in [1.29, 1.82) is 0 Å². The summed E-state index contributed by atoms with van der Waals surface area (Å²) >= 11 is 0. The van der Waals surface area contributed by atoms with Gasteiger partial charge in [-0.15, -0.1) is 0 Å².